The van der Waals surface area contributed by atoms with Crippen LogP contribution in [0.5, 0.6) is 17.4 Å². The maximum absolute atomic E-state index is 11.4. The van der Waals surface area contributed by atoms with E-state index < -0.39 is 12.0 Å². The second kappa shape index (κ2) is 11.3. The number of nitrogens with zero attached hydrogens (tertiary/aromatic N) is 2. The van der Waals surface area contributed by atoms with Gasteiger partial charge in [0.15, 0.2) is 5.69 Å². The third-order valence-corrected chi connectivity index (χ3v) is 6.94. The zero-order valence-electron chi connectivity index (χ0n) is 20.7. The molecular weight excluding hydrogens is 476 g/mol. The molecule has 2 aromatic carbocycles. The summed E-state index contributed by atoms with van der Waals surface area (Å²) < 4.78 is 11.8. The monoisotopic (exact) mass is 506 g/mol. The third kappa shape index (κ3) is 5.80. The van der Waals surface area contributed by atoms with Gasteiger partial charge in [0, 0.05) is 30.4 Å². The van der Waals surface area contributed by atoms with Gasteiger partial charge in [0.05, 0.1) is 0 Å². The number of carbonyl (C=O) groups is 2. The van der Waals surface area contributed by atoms with Gasteiger partial charge in [0.2, 0.25) is 5.88 Å². The first-order chi connectivity index (χ1) is 17.9. The summed E-state index contributed by atoms with van der Waals surface area (Å²) in [6.45, 7) is 4.34. The predicted octanol–water partition coefficient (Wildman–Crippen LogP) is 4.67. The number of hydrogen-bond acceptors (Lipinski definition) is 7. The van der Waals surface area contributed by atoms with Crippen molar-refractivity contribution in [3.8, 4) is 17.4 Å². The highest BCUT2D eigenvalue weighted by molar-refractivity contribution is 5.91. The van der Waals surface area contributed by atoms with Gasteiger partial charge in [-0.3, -0.25) is 10.0 Å². The second-order valence-corrected chi connectivity index (χ2v) is 9.00. The summed E-state index contributed by atoms with van der Waals surface area (Å²) in [5.41, 5.74) is 3.63. The molecular formula is C27H30N4O6. The first kappa shape index (κ1) is 25.9. The smallest absolute Gasteiger partial charge is 0.404 e. The van der Waals surface area contributed by atoms with Gasteiger partial charge in [-0.1, -0.05) is 38.1 Å². The van der Waals surface area contributed by atoms with Crippen LogP contribution in [0.25, 0.3) is 0 Å². The molecule has 0 aliphatic heterocycles. The number of benzene rings is 2. The van der Waals surface area contributed by atoms with E-state index in [-0.39, 0.29) is 29.1 Å². The Morgan fingerprint density at radius 3 is 2.00 bits per heavy atom. The average Bonchev–Trinajstić information content (AvgIpc) is 2.90. The van der Waals surface area contributed by atoms with Crippen LogP contribution in [0.2, 0.25) is 0 Å². The normalized spacial score (nSPS) is 16.8. The second-order valence-electron chi connectivity index (χ2n) is 9.00. The van der Waals surface area contributed by atoms with Crippen molar-refractivity contribution in [3.05, 3.63) is 77.5 Å². The Morgan fingerprint density at radius 1 is 0.919 bits per heavy atom. The topological polar surface area (TPSA) is 143 Å². The van der Waals surface area contributed by atoms with Crippen LogP contribution < -0.4 is 20.3 Å². The molecule has 37 heavy (non-hydrogen) atoms. The fourth-order valence-corrected chi connectivity index (χ4v) is 4.75. The molecule has 10 nitrogen and oxygen atoms in total. The first-order valence-corrected chi connectivity index (χ1v) is 12.2. The lowest BCUT2D eigenvalue weighted by Crippen LogP contribution is -2.48. The molecule has 0 spiro atoms. The molecule has 2 amide bonds. The zero-order chi connectivity index (χ0) is 26.4. The quantitative estimate of drug-likeness (QED) is 0.229. The van der Waals surface area contributed by atoms with E-state index in [1.807, 2.05) is 36.4 Å². The Morgan fingerprint density at radius 2 is 1.51 bits per heavy atom. The number of amides is 2. The lowest BCUT2D eigenvalue weighted by Gasteiger charge is -2.35. The Hall–Kier alpha value is -4.18. The van der Waals surface area contributed by atoms with E-state index in [0.717, 1.165) is 24.2 Å². The highest BCUT2D eigenvalue weighted by Gasteiger charge is 2.33. The SMILES string of the molecule is CCC(CC)(c1ccc(Oc2ccc(C(=O)NO)nn2)cc1)c1ccc(O[C@H]2C[C@@H](NC(=O)O)C2)cc1. The molecule has 1 aromatic heterocycles. The molecule has 0 bridgehead atoms. The Bertz CT molecular complexity index is 1210. The van der Waals surface area contributed by atoms with Gasteiger partial charge in [-0.15, -0.1) is 10.2 Å². The van der Waals surface area contributed by atoms with Crippen LogP contribution in [-0.4, -0.2) is 44.7 Å². The van der Waals surface area contributed by atoms with E-state index >= 15 is 0 Å². The minimum absolute atomic E-state index is 0.0186. The van der Waals surface area contributed by atoms with E-state index in [1.54, 1.807) is 0 Å². The number of ether oxygens (including phenoxy) is 2. The van der Waals surface area contributed by atoms with E-state index in [9.17, 15) is 9.59 Å². The van der Waals surface area contributed by atoms with Crippen LogP contribution >= 0.6 is 0 Å². The first-order valence-electron chi connectivity index (χ1n) is 12.2. The Kier molecular flexibility index (Phi) is 7.88. The highest BCUT2D eigenvalue weighted by atomic mass is 16.5. The molecule has 1 heterocycles. The minimum Gasteiger partial charge on any atom is -0.490 e. The van der Waals surface area contributed by atoms with Crippen LogP contribution in [-0.2, 0) is 5.41 Å². The summed E-state index contributed by atoms with van der Waals surface area (Å²) in [5.74, 6) is 0.837. The van der Waals surface area contributed by atoms with E-state index in [1.165, 1.54) is 23.2 Å². The van der Waals surface area contributed by atoms with Gasteiger partial charge < -0.3 is 19.9 Å². The van der Waals surface area contributed by atoms with Gasteiger partial charge in [-0.05, 0) is 54.3 Å². The predicted molar refractivity (Wildman–Crippen MR) is 134 cm³/mol. The molecule has 0 radical (unpaired) electrons. The van der Waals surface area contributed by atoms with E-state index in [0.29, 0.717) is 18.6 Å². The van der Waals surface area contributed by atoms with Crippen LogP contribution in [0.1, 0.15) is 61.1 Å². The highest BCUT2D eigenvalue weighted by Crippen LogP contribution is 2.40. The summed E-state index contributed by atoms with van der Waals surface area (Å²) in [7, 11) is 0. The fourth-order valence-electron chi connectivity index (χ4n) is 4.75. The molecule has 1 aliphatic carbocycles. The molecule has 1 saturated carbocycles. The third-order valence-electron chi connectivity index (χ3n) is 6.94. The van der Waals surface area contributed by atoms with Crippen LogP contribution in [0.3, 0.4) is 0 Å². The van der Waals surface area contributed by atoms with Crippen LogP contribution in [0.4, 0.5) is 4.79 Å². The number of rotatable bonds is 10. The van der Waals surface area contributed by atoms with Gasteiger partial charge >= 0.3 is 6.09 Å². The summed E-state index contributed by atoms with van der Waals surface area (Å²) in [5, 5.41) is 27.6. The van der Waals surface area contributed by atoms with Crippen molar-refractivity contribution in [2.24, 2.45) is 0 Å². The molecule has 4 N–H and O–H groups in total. The molecule has 1 aliphatic rings. The number of hydroxylamine groups is 1. The Balaban J connectivity index is 1.43. The molecule has 1 fully saturated rings. The van der Waals surface area contributed by atoms with Gasteiger partial charge in [0.1, 0.15) is 17.6 Å². The van der Waals surface area contributed by atoms with Crippen molar-refractivity contribution in [1.82, 2.24) is 21.0 Å². The fraction of sp³-hybridized carbons (Fsp3) is 0.333. The molecule has 10 heteroatoms. The van der Waals surface area contributed by atoms with Crippen LogP contribution in [0.15, 0.2) is 60.7 Å². The summed E-state index contributed by atoms with van der Waals surface area (Å²) >= 11 is 0. The maximum Gasteiger partial charge on any atom is 0.404 e. The van der Waals surface area contributed by atoms with Crippen molar-refractivity contribution < 1.29 is 29.4 Å². The number of nitrogens with one attached hydrogen (secondary N) is 2. The molecule has 3 aromatic rings. The van der Waals surface area contributed by atoms with Crippen molar-refractivity contribution in [3.63, 3.8) is 0 Å². The largest absolute Gasteiger partial charge is 0.490 e. The van der Waals surface area contributed by atoms with Gasteiger partial charge in [-0.25, -0.2) is 10.3 Å². The molecule has 194 valence electrons. The van der Waals surface area contributed by atoms with Crippen molar-refractivity contribution in [2.45, 2.75) is 57.1 Å². The van der Waals surface area contributed by atoms with E-state index in [4.69, 9.17) is 19.8 Å². The molecule has 0 atom stereocenters. The van der Waals surface area contributed by atoms with Crippen molar-refractivity contribution in [1.29, 1.82) is 0 Å². The number of aromatic nitrogens is 2. The summed E-state index contributed by atoms with van der Waals surface area (Å²) in [6, 6.07) is 18.8. The lowest BCUT2D eigenvalue weighted by molar-refractivity contribution is 0.0699. The zero-order valence-corrected chi connectivity index (χ0v) is 20.7. The summed E-state index contributed by atoms with van der Waals surface area (Å²) in [4.78, 5) is 22.1. The summed E-state index contributed by atoms with van der Waals surface area (Å²) in [6.07, 6.45) is 2.16. The number of carbonyl (C=O) groups excluding carboxylic acids is 1. The van der Waals surface area contributed by atoms with Gasteiger partial charge in [0.25, 0.3) is 5.91 Å². The maximum atomic E-state index is 11.4. The van der Waals surface area contributed by atoms with Crippen molar-refractivity contribution >= 4 is 12.0 Å². The number of hydrogen-bond donors (Lipinski definition) is 4. The standard InChI is InChI=1S/C27H30N4O6/c1-3-27(4-2,17-5-9-20(10-6-17)36-22-15-19(16-22)28-26(33)34)18-7-11-21(12-8-18)37-24-14-13-23(29-30-24)25(32)31-35/h5-14,19,22,28,35H,3-4,15-16H2,1-2H3,(H,31,32)(H,33,34)/t19-,22+. The molecule has 4 rings (SSSR count). The number of carboxylic acid groups (broad SMARTS) is 1. The Labute approximate surface area is 214 Å². The van der Waals surface area contributed by atoms with Crippen molar-refractivity contribution in [2.75, 3.05) is 0 Å². The average molecular weight is 507 g/mol. The van der Waals surface area contributed by atoms with Crippen LogP contribution in [0, 0.1) is 0 Å². The molecule has 0 saturated heterocycles. The lowest BCUT2D eigenvalue weighted by atomic mass is 9.70. The minimum atomic E-state index is -1.00. The van der Waals surface area contributed by atoms with Gasteiger partial charge in [-0.2, -0.15) is 0 Å². The molecule has 0 unspecified atom stereocenters. The van der Waals surface area contributed by atoms with E-state index in [2.05, 4.69) is 41.5 Å².